The Morgan fingerprint density at radius 1 is 1.19 bits per heavy atom. The molecule has 0 aliphatic carbocycles. The summed E-state index contributed by atoms with van der Waals surface area (Å²) >= 11 is 0. The topological polar surface area (TPSA) is 104 Å². The zero-order valence-corrected chi connectivity index (χ0v) is 14.9. The van der Waals surface area contributed by atoms with Crippen LogP contribution >= 0.6 is 0 Å². The van der Waals surface area contributed by atoms with E-state index in [2.05, 4.69) is 10.3 Å². The first kappa shape index (κ1) is 19.3. The van der Waals surface area contributed by atoms with Crippen molar-refractivity contribution in [1.82, 2.24) is 4.98 Å². The molecule has 1 N–H and O–H groups in total. The highest BCUT2D eigenvalue weighted by molar-refractivity contribution is 6.05. The van der Waals surface area contributed by atoms with E-state index in [4.69, 9.17) is 9.47 Å². The average molecular weight is 359 g/mol. The van der Waals surface area contributed by atoms with Gasteiger partial charge in [-0.3, -0.25) is 14.9 Å². The molecule has 8 heteroatoms. The molecular weight excluding hydrogens is 338 g/mol. The summed E-state index contributed by atoms with van der Waals surface area (Å²) in [6, 6.07) is 9.03. The van der Waals surface area contributed by atoms with E-state index >= 15 is 0 Å². The summed E-state index contributed by atoms with van der Waals surface area (Å²) in [4.78, 5) is 26.7. The fraction of sp³-hybridized carbons (Fsp3) is 0.333. The predicted molar refractivity (Wildman–Crippen MR) is 96.5 cm³/mol. The number of rotatable bonds is 7. The van der Waals surface area contributed by atoms with Crippen molar-refractivity contribution in [2.75, 3.05) is 18.5 Å². The molecule has 0 spiro atoms. The standard InChI is InChI=1S/C18H21N3O5/c1-18(2,3)26-11-10-25-16-9-8-13(12-19-16)17(22)20-14-6-4-5-7-15(14)21(23)24/h4-9,12H,10-11H2,1-3H3,(H,20,22). The van der Waals surface area contributed by atoms with E-state index in [9.17, 15) is 14.9 Å². The van der Waals surface area contributed by atoms with Crippen LogP contribution in [0.15, 0.2) is 42.6 Å². The number of nitrogens with one attached hydrogen (secondary N) is 1. The minimum absolute atomic E-state index is 0.127. The molecule has 0 aliphatic heterocycles. The molecule has 0 saturated heterocycles. The van der Waals surface area contributed by atoms with Gasteiger partial charge in [-0.1, -0.05) is 12.1 Å². The van der Waals surface area contributed by atoms with Crippen molar-refractivity contribution in [1.29, 1.82) is 0 Å². The fourth-order valence-electron chi connectivity index (χ4n) is 2.03. The molecule has 0 radical (unpaired) electrons. The second kappa shape index (κ2) is 8.39. The maximum atomic E-state index is 12.2. The second-order valence-electron chi connectivity index (χ2n) is 6.42. The largest absolute Gasteiger partial charge is 0.475 e. The predicted octanol–water partition coefficient (Wildman–Crippen LogP) is 3.44. The van der Waals surface area contributed by atoms with Gasteiger partial charge >= 0.3 is 0 Å². The van der Waals surface area contributed by atoms with Crippen LogP contribution in [0, 0.1) is 10.1 Å². The van der Waals surface area contributed by atoms with Crippen molar-refractivity contribution in [2.45, 2.75) is 26.4 Å². The lowest BCUT2D eigenvalue weighted by Crippen LogP contribution is -2.22. The van der Waals surface area contributed by atoms with Crippen molar-refractivity contribution in [2.24, 2.45) is 0 Å². The molecule has 2 aromatic rings. The number of nitro benzene ring substituents is 1. The summed E-state index contributed by atoms with van der Waals surface area (Å²) in [5.74, 6) is -0.126. The van der Waals surface area contributed by atoms with Crippen LogP contribution in [-0.4, -0.2) is 34.6 Å². The smallest absolute Gasteiger partial charge is 0.292 e. The van der Waals surface area contributed by atoms with Gasteiger partial charge in [0.2, 0.25) is 5.88 Å². The van der Waals surface area contributed by atoms with Crippen molar-refractivity contribution in [3.63, 3.8) is 0 Å². The maximum Gasteiger partial charge on any atom is 0.292 e. The van der Waals surface area contributed by atoms with Gasteiger partial charge in [0.25, 0.3) is 11.6 Å². The number of amides is 1. The first-order valence-electron chi connectivity index (χ1n) is 8.04. The molecule has 0 aliphatic rings. The van der Waals surface area contributed by atoms with E-state index in [0.717, 1.165) is 0 Å². The number of benzene rings is 1. The van der Waals surface area contributed by atoms with Crippen molar-refractivity contribution >= 4 is 17.3 Å². The van der Waals surface area contributed by atoms with Gasteiger partial charge in [0.1, 0.15) is 12.3 Å². The van der Waals surface area contributed by atoms with Crippen molar-refractivity contribution < 1.29 is 19.2 Å². The number of nitro groups is 1. The summed E-state index contributed by atoms with van der Waals surface area (Å²) in [5.41, 5.74) is -0.0186. The zero-order valence-electron chi connectivity index (χ0n) is 14.9. The van der Waals surface area contributed by atoms with E-state index < -0.39 is 10.8 Å². The van der Waals surface area contributed by atoms with E-state index in [1.54, 1.807) is 12.1 Å². The average Bonchev–Trinajstić information content (AvgIpc) is 2.58. The van der Waals surface area contributed by atoms with E-state index in [0.29, 0.717) is 19.1 Å². The summed E-state index contributed by atoms with van der Waals surface area (Å²) in [6.07, 6.45) is 1.35. The lowest BCUT2D eigenvalue weighted by Gasteiger charge is -2.19. The van der Waals surface area contributed by atoms with Crippen LogP contribution in [0.2, 0.25) is 0 Å². The first-order chi connectivity index (χ1) is 12.3. The maximum absolute atomic E-state index is 12.2. The SMILES string of the molecule is CC(C)(C)OCCOc1ccc(C(=O)Nc2ccccc2[N+](=O)[O-])cn1. The zero-order chi connectivity index (χ0) is 19.2. The number of hydrogen-bond donors (Lipinski definition) is 1. The Morgan fingerprint density at radius 2 is 1.92 bits per heavy atom. The number of pyridine rings is 1. The Balaban J connectivity index is 1.94. The Morgan fingerprint density at radius 3 is 2.54 bits per heavy atom. The summed E-state index contributed by atoms with van der Waals surface area (Å²) in [6.45, 7) is 6.62. The molecule has 1 amide bonds. The molecule has 0 atom stereocenters. The van der Waals surface area contributed by atoms with Crippen molar-refractivity contribution in [3.05, 3.63) is 58.3 Å². The van der Waals surface area contributed by atoms with Crippen LogP contribution in [0.3, 0.4) is 0 Å². The lowest BCUT2D eigenvalue weighted by atomic mass is 10.2. The van der Waals surface area contributed by atoms with Gasteiger partial charge < -0.3 is 14.8 Å². The fourth-order valence-corrected chi connectivity index (χ4v) is 2.03. The normalized spacial score (nSPS) is 11.0. The van der Waals surface area contributed by atoms with E-state index in [1.807, 2.05) is 20.8 Å². The molecule has 0 bridgehead atoms. The van der Waals surface area contributed by atoms with Crippen LogP contribution < -0.4 is 10.1 Å². The molecule has 8 nitrogen and oxygen atoms in total. The van der Waals surface area contributed by atoms with E-state index in [1.165, 1.54) is 30.5 Å². The highest BCUT2D eigenvalue weighted by Crippen LogP contribution is 2.23. The summed E-state index contributed by atoms with van der Waals surface area (Å²) < 4.78 is 11.0. The van der Waals surface area contributed by atoms with Gasteiger partial charge in [-0.05, 0) is 32.9 Å². The van der Waals surface area contributed by atoms with Crippen LogP contribution in [0.5, 0.6) is 5.88 Å². The number of ether oxygens (including phenoxy) is 2. The van der Waals surface area contributed by atoms with Crippen LogP contribution in [0.4, 0.5) is 11.4 Å². The molecule has 138 valence electrons. The molecule has 2 rings (SSSR count). The number of carbonyl (C=O) groups is 1. The molecule has 0 unspecified atom stereocenters. The van der Waals surface area contributed by atoms with Gasteiger partial charge in [0.15, 0.2) is 0 Å². The van der Waals surface area contributed by atoms with Crippen LogP contribution in [-0.2, 0) is 4.74 Å². The van der Waals surface area contributed by atoms with Gasteiger partial charge in [-0.25, -0.2) is 4.98 Å². The van der Waals surface area contributed by atoms with Crippen molar-refractivity contribution in [3.8, 4) is 5.88 Å². The quantitative estimate of drug-likeness (QED) is 0.461. The Labute approximate surface area is 151 Å². The van der Waals surface area contributed by atoms with E-state index in [-0.39, 0.29) is 22.5 Å². The molecule has 0 saturated carbocycles. The summed E-state index contributed by atoms with van der Waals surface area (Å²) in [7, 11) is 0. The monoisotopic (exact) mass is 359 g/mol. The highest BCUT2D eigenvalue weighted by Gasteiger charge is 2.16. The third kappa shape index (κ3) is 5.82. The van der Waals surface area contributed by atoms with Gasteiger partial charge in [-0.15, -0.1) is 0 Å². The van der Waals surface area contributed by atoms with Gasteiger partial charge in [0.05, 0.1) is 22.7 Å². The molecule has 1 aromatic carbocycles. The second-order valence-corrected chi connectivity index (χ2v) is 6.42. The number of carbonyl (C=O) groups excluding carboxylic acids is 1. The molecule has 0 fully saturated rings. The highest BCUT2D eigenvalue weighted by atomic mass is 16.6. The Kier molecular flexibility index (Phi) is 6.24. The first-order valence-corrected chi connectivity index (χ1v) is 8.04. The third-order valence-corrected chi connectivity index (χ3v) is 3.22. The number of para-hydroxylation sites is 2. The number of nitrogens with zero attached hydrogens (tertiary/aromatic N) is 2. The van der Waals surface area contributed by atoms with Gasteiger partial charge in [0, 0.05) is 18.3 Å². The third-order valence-electron chi connectivity index (χ3n) is 3.22. The molecule has 1 aromatic heterocycles. The Bertz CT molecular complexity index is 769. The molecule has 1 heterocycles. The Hall–Kier alpha value is -3.00. The van der Waals surface area contributed by atoms with Crippen LogP contribution in [0.1, 0.15) is 31.1 Å². The number of hydrogen-bond acceptors (Lipinski definition) is 6. The number of anilines is 1. The minimum Gasteiger partial charge on any atom is -0.475 e. The molecular formula is C18H21N3O5. The molecule has 26 heavy (non-hydrogen) atoms. The minimum atomic E-state index is -0.551. The number of aromatic nitrogens is 1. The summed E-state index contributed by atoms with van der Waals surface area (Å²) in [5, 5.41) is 13.5. The van der Waals surface area contributed by atoms with Crippen LogP contribution in [0.25, 0.3) is 0 Å². The lowest BCUT2D eigenvalue weighted by molar-refractivity contribution is -0.383. The van der Waals surface area contributed by atoms with Gasteiger partial charge in [-0.2, -0.15) is 0 Å².